The number of piperazine rings is 1. The number of hydrogen-bond acceptors (Lipinski definition) is 3. The summed E-state index contributed by atoms with van der Waals surface area (Å²) in [5, 5.41) is 2.90. The highest BCUT2D eigenvalue weighted by atomic mass is 16.5. The topological polar surface area (TPSA) is 58.6 Å². The van der Waals surface area contributed by atoms with Gasteiger partial charge in [0.2, 0.25) is 11.8 Å². The van der Waals surface area contributed by atoms with Crippen molar-refractivity contribution in [3.63, 3.8) is 0 Å². The summed E-state index contributed by atoms with van der Waals surface area (Å²) in [6.07, 6.45) is 2.93. The molecule has 3 atom stereocenters. The van der Waals surface area contributed by atoms with Crippen molar-refractivity contribution in [1.29, 1.82) is 0 Å². The Morgan fingerprint density at radius 2 is 2.06 bits per heavy atom. The van der Waals surface area contributed by atoms with Gasteiger partial charge in [0.1, 0.15) is 12.1 Å². The van der Waals surface area contributed by atoms with Crippen LogP contribution >= 0.6 is 0 Å². The van der Waals surface area contributed by atoms with E-state index in [2.05, 4.69) is 5.32 Å². The summed E-state index contributed by atoms with van der Waals surface area (Å²) in [6, 6.07) is 0.0571. The van der Waals surface area contributed by atoms with E-state index in [0.717, 1.165) is 19.3 Å². The first-order valence-corrected chi connectivity index (χ1v) is 6.76. The van der Waals surface area contributed by atoms with Crippen LogP contribution in [0.15, 0.2) is 0 Å². The normalized spacial score (nSPS) is 41.1. The smallest absolute Gasteiger partial charge is 0.249 e. The van der Waals surface area contributed by atoms with Crippen LogP contribution in [0.3, 0.4) is 0 Å². The number of ether oxygens (including phenoxy) is 1. The predicted molar refractivity (Wildman–Crippen MR) is 64.8 cm³/mol. The number of nitrogens with zero attached hydrogens (tertiary/aromatic N) is 1. The monoisotopic (exact) mass is 252 g/mol. The van der Waals surface area contributed by atoms with Gasteiger partial charge in [-0.2, -0.15) is 0 Å². The van der Waals surface area contributed by atoms with E-state index in [0.29, 0.717) is 12.5 Å². The molecule has 2 amide bonds. The van der Waals surface area contributed by atoms with Crippen molar-refractivity contribution in [3.05, 3.63) is 0 Å². The van der Waals surface area contributed by atoms with Crippen molar-refractivity contribution in [2.24, 2.45) is 5.92 Å². The Hall–Kier alpha value is -1.10. The van der Waals surface area contributed by atoms with Gasteiger partial charge in [-0.3, -0.25) is 9.59 Å². The third-order valence-corrected chi connectivity index (χ3v) is 4.55. The molecule has 0 aromatic carbocycles. The van der Waals surface area contributed by atoms with Crippen LogP contribution in [0.2, 0.25) is 0 Å². The minimum atomic E-state index is -0.683. The van der Waals surface area contributed by atoms with Crippen molar-refractivity contribution in [3.8, 4) is 0 Å². The molecule has 1 N–H and O–H groups in total. The van der Waals surface area contributed by atoms with Crippen molar-refractivity contribution in [2.45, 2.75) is 50.8 Å². The third kappa shape index (κ3) is 1.72. The van der Waals surface area contributed by atoms with Crippen LogP contribution in [0.4, 0.5) is 0 Å². The fourth-order valence-electron chi connectivity index (χ4n) is 3.24. The van der Waals surface area contributed by atoms with Crippen LogP contribution in [0, 0.1) is 5.92 Å². The summed E-state index contributed by atoms with van der Waals surface area (Å²) >= 11 is 0. The van der Waals surface area contributed by atoms with Gasteiger partial charge < -0.3 is 15.0 Å². The summed E-state index contributed by atoms with van der Waals surface area (Å²) in [5.41, 5.74) is -0.683. The second-order valence-electron chi connectivity index (χ2n) is 5.89. The van der Waals surface area contributed by atoms with Gasteiger partial charge in [-0.15, -0.1) is 0 Å². The molecule has 5 heteroatoms. The SMILES string of the molecule is CC1OCCC1N1CC(=O)NC(C)(C2CC2)C1=O. The van der Waals surface area contributed by atoms with Gasteiger partial charge in [-0.1, -0.05) is 0 Å². The fourth-order valence-corrected chi connectivity index (χ4v) is 3.24. The number of nitrogens with one attached hydrogen (secondary N) is 1. The maximum Gasteiger partial charge on any atom is 0.249 e. The quantitative estimate of drug-likeness (QED) is 0.768. The Labute approximate surface area is 107 Å². The number of hydrogen-bond donors (Lipinski definition) is 1. The summed E-state index contributed by atoms with van der Waals surface area (Å²) in [5.74, 6) is 0.351. The van der Waals surface area contributed by atoms with Crippen molar-refractivity contribution in [2.75, 3.05) is 13.2 Å². The molecule has 3 fully saturated rings. The Kier molecular flexibility index (Phi) is 2.62. The molecule has 3 rings (SSSR count). The van der Waals surface area contributed by atoms with E-state index in [1.807, 2.05) is 13.8 Å². The average molecular weight is 252 g/mol. The first-order chi connectivity index (χ1) is 8.52. The van der Waals surface area contributed by atoms with Crippen LogP contribution in [0.5, 0.6) is 0 Å². The first kappa shape index (κ1) is 12.0. The van der Waals surface area contributed by atoms with Crippen molar-refractivity contribution in [1.82, 2.24) is 10.2 Å². The summed E-state index contributed by atoms with van der Waals surface area (Å²) < 4.78 is 5.52. The van der Waals surface area contributed by atoms with Crippen LogP contribution in [0.25, 0.3) is 0 Å². The van der Waals surface area contributed by atoms with Crippen LogP contribution in [-0.2, 0) is 14.3 Å². The lowest BCUT2D eigenvalue weighted by Gasteiger charge is -2.43. The molecule has 0 spiro atoms. The second kappa shape index (κ2) is 3.95. The molecular formula is C13H20N2O3. The molecule has 100 valence electrons. The highest BCUT2D eigenvalue weighted by Gasteiger charge is 2.54. The lowest BCUT2D eigenvalue weighted by Crippen LogP contribution is -2.68. The molecule has 0 aromatic rings. The molecule has 0 radical (unpaired) electrons. The van der Waals surface area contributed by atoms with E-state index >= 15 is 0 Å². The van der Waals surface area contributed by atoms with E-state index in [4.69, 9.17) is 4.74 Å². The standard InChI is InChI=1S/C13H20N2O3/c1-8-10(5-6-18-8)15-7-11(16)14-13(2,12(15)17)9-3-4-9/h8-10H,3-7H2,1-2H3,(H,14,16). The molecule has 3 unspecified atom stereocenters. The molecule has 1 saturated carbocycles. The van der Waals surface area contributed by atoms with Gasteiger partial charge in [0.05, 0.1) is 12.1 Å². The molecule has 0 bridgehead atoms. The number of amides is 2. The number of rotatable bonds is 2. The van der Waals surface area contributed by atoms with Gasteiger partial charge in [0.15, 0.2) is 0 Å². The van der Waals surface area contributed by atoms with Crippen molar-refractivity contribution < 1.29 is 14.3 Å². The van der Waals surface area contributed by atoms with Gasteiger partial charge >= 0.3 is 0 Å². The summed E-state index contributed by atoms with van der Waals surface area (Å²) in [7, 11) is 0. The Balaban J connectivity index is 1.85. The van der Waals surface area contributed by atoms with Gasteiger partial charge in [0, 0.05) is 6.61 Å². The van der Waals surface area contributed by atoms with E-state index in [1.54, 1.807) is 4.90 Å². The van der Waals surface area contributed by atoms with E-state index in [9.17, 15) is 9.59 Å². The van der Waals surface area contributed by atoms with Gasteiger partial charge in [0.25, 0.3) is 0 Å². The zero-order valence-electron chi connectivity index (χ0n) is 10.9. The minimum Gasteiger partial charge on any atom is -0.376 e. The lowest BCUT2D eigenvalue weighted by molar-refractivity contribution is -0.153. The van der Waals surface area contributed by atoms with Gasteiger partial charge in [-0.25, -0.2) is 0 Å². The fraction of sp³-hybridized carbons (Fsp3) is 0.846. The molecule has 5 nitrogen and oxygen atoms in total. The zero-order valence-corrected chi connectivity index (χ0v) is 10.9. The molecule has 2 aliphatic heterocycles. The maximum atomic E-state index is 12.7. The van der Waals surface area contributed by atoms with Gasteiger partial charge in [-0.05, 0) is 39.0 Å². The molecule has 2 heterocycles. The number of carbonyl (C=O) groups excluding carboxylic acids is 2. The minimum absolute atomic E-state index is 0.0308. The average Bonchev–Trinajstić information content (AvgIpc) is 3.08. The number of carbonyl (C=O) groups is 2. The molecule has 18 heavy (non-hydrogen) atoms. The predicted octanol–water partition coefficient (Wildman–Crippen LogP) is 0.291. The Morgan fingerprint density at radius 1 is 1.33 bits per heavy atom. The highest BCUT2D eigenvalue weighted by molar-refractivity contribution is 5.98. The second-order valence-corrected chi connectivity index (χ2v) is 5.89. The lowest BCUT2D eigenvalue weighted by atomic mass is 9.90. The zero-order chi connectivity index (χ0) is 12.9. The molecule has 2 saturated heterocycles. The summed E-state index contributed by atoms with van der Waals surface area (Å²) in [6.45, 7) is 4.71. The Morgan fingerprint density at radius 3 is 2.61 bits per heavy atom. The molecular weight excluding hydrogens is 232 g/mol. The van der Waals surface area contributed by atoms with Crippen LogP contribution < -0.4 is 5.32 Å². The largest absolute Gasteiger partial charge is 0.376 e. The Bertz CT molecular complexity index is 394. The molecule has 0 aromatic heterocycles. The third-order valence-electron chi connectivity index (χ3n) is 4.55. The van der Waals surface area contributed by atoms with E-state index < -0.39 is 5.54 Å². The van der Waals surface area contributed by atoms with E-state index in [1.165, 1.54) is 0 Å². The molecule has 3 aliphatic rings. The molecule has 1 aliphatic carbocycles. The maximum absolute atomic E-state index is 12.7. The van der Waals surface area contributed by atoms with E-state index in [-0.39, 0.29) is 30.5 Å². The first-order valence-electron chi connectivity index (χ1n) is 6.76. The van der Waals surface area contributed by atoms with Crippen LogP contribution in [0.1, 0.15) is 33.1 Å². The summed E-state index contributed by atoms with van der Waals surface area (Å²) in [4.78, 5) is 26.3. The van der Waals surface area contributed by atoms with Crippen LogP contribution in [-0.4, -0.2) is 47.6 Å². The highest BCUT2D eigenvalue weighted by Crippen LogP contribution is 2.42. The van der Waals surface area contributed by atoms with Crippen molar-refractivity contribution >= 4 is 11.8 Å².